The van der Waals surface area contributed by atoms with Crippen LogP contribution in [0.4, 0.5) is 0 Å². The Morgan fingerprint density at radius 1 is 1.24 bits per heavy atom. The quantitative estimate of drug-likeness (QED) is 0.868. The van der Waals surface area contributed by atoms with Crippen molar-refractivity contribution in [1.29, 1.82) is 0 Å². The zero-order valence-electron chi connectivity index (χ0n) is 13.1. The minimum atomic E-state index is 0.0913. The lowest BCUT2D eigenvalue weighted by Crippen LogP contribution is -2.57. The Balaban J connectivity index is 2.19. The molecule has 0 aromatic heterocycles. The summed E-state index contributed by atoms with van der Waals surface area (Å²) in [6.45, 7) is 1.52. The Labute approximate surface area is 138 Å². The maximum atomic E-state index is 6.37. The van der Waals surface area contributed by atoms with Gasteiger partial charge in [0.25, 0.3) is 0 Å². The number of nitrogens with zero attached hydrogens (tertiary/aromatic N) is 2. The molecule has 118 valence electrons. The van der Waals surface area contributed by atoms with Gasteiger partial charge >= 0.3 is 0 Å². The highest BCUT2D eigenvalue weighted by Crippen LogP contribution is 2.39. The van der Waals surface area contributed by atoms with Gasteiger partial charge in [0.1, 0.15) is 0 Å². The molecule has 0 heterocycles. The molecule has 1 aromatic carbocycles. The van der Waals surface area contributed by atoms with Crippen LogP contribution in [0.1, 0.15) is 30.9 Å². The van der Waals surface area contributed by atoms with E-state index in [0.717, 1.165) is 12.1 Å². The summed E-state index contributed by atoms with van der Waals surface area (Å²) >= 11 is 12.5. The van der Waals surface area contributed by atoms with Gasteiger partial charge in [-0.2, -0.15) is 0 Å². The first kappa shape index (κ1) is 17.0. The van der Waals surface area contributed by atoms with Gasteiger partial charge in [0, 0.05) is 24.7 Å². The van der Waals surface area contributed by atoms with Crippen LogP contribution in [-0.4, -0.2) is 49.6 Å². The van der Waals surface area contributed by atoms with Gasteiger partial charge in [-0.3, -0.25) is 4.90 Å². The minimum Gasteiger partial charge on any atom is -0.329 e. The summed E-state index contributed by atoms with van der Waals surface area (Å²) in [5.74, 6) is 0. The summed E-state index contributed by atoms with van der Waals surface area (Å²) in [4.78, 5) is 4.66. The Morgan fingerprint density at radius 2 is 1.90 bits per heavy atom. The highest BCUT2D eigenvalue weighted by atomic mass is 35.5. The number of rotatable bonds is 6. The van der Waals surface area contributed by atoms with E-state index in [4.69, 9.17) is 28.9 Å². The van der Waals surface area contributed by atoms with Crippen LogP contribution >= 0.6 is 23.2 Å². The van der Waals surface area contributed by atoms with Gasteiger partial charge in [0.2, 0.25) is 0 Å². The van der Waals surface area contributed by atoms with Crippen molar-refractivity contribution >= 4 is 23.2 Å². The molecule has 1 aliphatic rings. The van der Waals surface area contributed by atoms with Crippen molar-refractivity contribution in [2.45, 2.75) is 30.8 Å². The Bertz CT molecular complexity index is 486. The molecule has 0 spiro atoms. The van der Waals surface area contributed by atoms with E-state index in [0.29, 0.717) is 16.6 Å². The minimum absolute atomic E-state index is 0.0913. The average molecular weight is 330 g/mol. The lowest BCUT2D eigenvalue weighted by Gasteiger charge is -2.50. The summed E-state index contributed by atoms with van der Waals surface area (Å²) in [6.07, 6.45) is 3.78. The average Bonchev–Trinajstić information content (AvgIpc) is 2.39. The molecule has 1 fully saturated rings. The summed E-state index contributed by atoms with van der Waals surface area (Å²) < 4.78 is 0. The number of halogens is 2. The van der Waals surface area contributed by atoms with Crippen molar-refractivity contribution in [1.82, 2.24) is 9.80 Å². The summed E-state index contributed by atoms with van der Waals surface area (Å²) in [5.41, 5.74) is 7.31. The van der Waals surface area contributed by atoms with E-state index in [1.807, 2.05) is 18.2 Å². The fourth-order valence-electron chi connectivity index (χ4n) is 3.23. The Kier molecular flexibility index (Phi) is 5.55. The molecular formula is C16H25Cl2N3. The number of hydrogen-bond donors (Lipinski definition) is 1. The van der Waals surface area contributed by atoms with Crippen molar-refractivity contribution in [3.63, 3.8) is 0 Å². The van der Waals surface area contributed by atoms with Crippen molar-refractivity contribution < 1.29 is 0 Å². The van der Waals surface area contributed by atoms with E-state index < -0.39 is 0 Å². The van der Waals surface area contributed by atoms with Gasteiger partial charge in [-0.05, 0) is 52.0 Å². The number of nitrogens with two attached hydrogens (primary N) is 1. The molecule has 1 saturated carbocycles. The van der Waals surface area contributed by atoms with Gasteiger partial charge in [-0.15, -0.1) is 0 Å². The molecule has 1 atom stereocenters. The molecule has 0 bridgehead atoms. The third-order valence-electron chi connectivity index (χ3n) is 4.87. The normalized spacial score (nSPS) is 18.9. The predicted octanol–water partition coefficient (Wildman–Crippen LogP) is 3.41. The third kappa shape index (κ3) is 3.38. The molecule has 2 rings (SSSR count). The Morgan fingerprint density at radius 3 is 2.38 bits per heavy atom. The first-order valence-electron chi connectivity index (χ1n) is 7.43. The van der Waals surface area contributed by atoms with Crippen LogP contribution in [0.5, 0.6) is 0 Å². The molecule has 0 radical (unpaired) electrons. The fourth-order valence-corrected chi connectivity index (χ4v) is 3.66. The second-order valence-electron chi connectivity index (χ2n) is 6.28. The monoisotopic (exact) mass is 329 g/mol. The Hall–Kier alpha value is -0.320. The SMILES string of the molecule is CN(CC1(N(C)C)CCC1)C(CN)c1cccc(Cl)c1Cl. The van der Waals surface area contributed by atoms with Crippen molar-refractivity contribution in [2.75, 3.05) is 34.2 Å². The lowest BCUT2D eigenvalue weighted by atomic mass is 9.75. The molecule has 5 heteroatoms. The van der Waals surface area contributed by atoms with Crippen LogP contribution in [-0.2, 0) is 0 Å². The van der Waals surface area contributed by atoms with Gasteiger partial charge < -0.3 is 10.6 Å². The van der Waals surface area contributed by atoms with Gasteiger partial charge in [0.15, 0.2) is 0 Å². The second kappa shape index (κ2) is 6.84. The van der Waals surface area contributed by atoms with E-state index in [2.05, 4.69) is 30.9 Å². The second-order valence-corrected chi connectivity index (χ2v) is 7.07. The summed E-state index contributed by atoms with van der Waals surface area (Å²) in [6, 6.07) is 5.86. The smallest absolute Gasteiger partial charge is 0.0640 e. The van der Waals surface area contributed by atoms with E-state index in [1.54, 1.807) is 0 Å². The molecule has 3 nitrogen and oxygen atoms in total. The highest BCUT2D eigenvalue weighted by molar-refractivity contribution is 6.42. The molecule has 21 heavy (non-hydrogen) atoms. The van der Waals surface area contributed by atoms with Crippen LogP contribution in [0.3, 0.4) is 0 Å². The summed E-state index contributed by atoms with van der Waals surface area (Å²) in [5, 5.41) is 1.21. The van der Waals surface area contributed by atoms with E-state index in [-0.39, 0.29) is 11.6 Å². The largest absolute Gasteiger partial charge is 0.329 e. The van der Waals surface area contributed by atoms with Crippen molar-refractivity contribution in [3.05, 3.63) is 33.8 Å². The molecule has 0 saturated heterocycles. The number of likely N-dealkylation sites (N-methyl/N-ethyl adjacent to an activating group) is 2. The number of hydrogen-bond acceptors (Lipinski definition) is 3. The molecule has 0 amide bonds. The molecule has 0 aliphatic heterocycles. The van der Waals surface area contributed by atoms with E-state index >= 15 is 0 Å². The van der Waals surface area contributed by atoms with Crippen LogP contribution in [0.15, 0.2) is 18.2 Å². The van der Waals surface area contributed by atoms with Crippen LogP contribution in [0, 0.1) is 0 Å². The van der Waals surface area contributed by atoms with Crippen molar-refractivity contribution in [2.24, 2.45) is 5.73 Å². The maximum absolute atomic E-state index is 6.37. The van der Waals surface area contributed by atoms with Gasteiger partial charge in [-0.1, -0.05) is 35.3 Å². The van der Waals surface area contributed by atoms with Crippen LogP contribution < -0.4 is 5.73 Å². The molecule has 1 aromatic rings. The maximum Gasteiger partial charge on any atom is 0.0640 e. The van der Waals surface area contributed by atoms with E-state index in [9.17, 15) is 0 Å². The van der Waals surface area contributed by atoms with Gasteiger partial charge in [0.05, 0.1) is 10.0 Å². The first-order chi connectivity index (χ1) is 9.91. The van der Waals surface area contributed by atoms with Gasteiger partial charge in [-0.25, -0.2) is 0 Å². The third-order valence-corrected chi connectivity index (χ3v) is 5.71. The predicted molar refractivity (Wildman–Crippen MR) is 91.2 cm³/mol. The lowest BCUT2D eigenvalue weighted by molar-refractivity contribution is 0.0168. The topological polar surface area (TPSA) is 32.5 Å². The number of benzene rings is 1. The van der Waals surface area contributed by atoms with Crippen LogP contribution in [0.2, 0.25) is 10.0 Å². The van der Waals surface area contributed by atoms with Crippen molar-refractivity contribution in [3.8, 4) is 0 Å². The van der Waals surface area contributed by atoms with Crippen LogP contribution in [0.25, 0.3) is 0 Å². The zero-order chi connectivity index (χ0) is 15.6. The molecule has 1 aliphatic carbocycles. The molecule has 1 unspecified atom stereocenters. The highest BCUT2D eigenvalue weighted by Gasteiger charge is 2.40. The molecule has 2 N–H and O–H groups in total. The fraction of sp³-hybridized carbons (Fsp3) is 0.625. The summed E-state index contributed by atoms with van der Waals surface area (Å²) in [7, 11) is 6.45. The standard InChI is InChI=1S/C16H25Cl2N3/c1-20(2)16(8-5-9-16)11-21(3)14(10-19)12-6-4-7-13(17)15(12)18/h4,6-7,14H,5,8-11,19H2,1-3H3. The first-order valence-corrected chi connectivity index (χ1v) is 8.18. The zero-order valence-corrected chi connectivity index (χ0v) is 14.6. The molecular weight excluding hydrogens is 305 g/mol. The van der Waals surface area contributed by atoms with E-state index in [1.165, 1.54) is 19.3 Å².